The predicted octanol–water partition coefficient (Wildman–Crippen LogP) is 3.82. The molecule has 5 heteroatoms. The monoisotopic (exact) mass is 416 g/mol. The number of aromatic nitrogens is 1. The Morgan fingerprint density at radius 1 is 0.968 bits per heavy atom. The molecule has 1 aromatic heterocycles. The lowest BCUT2D eigenvalue weighted by atomic mass is 9.96. The van der Waals surface area contributed by atoms with E-state index in [1.165, 1.54) is 5.56 Å². The quantitative estimate of drug-likeness (QED) is 0.491. The maximum absolute atomic E-state index is 12.3. The first-order chi connectivity index (χ1) is 15.0. The Hall–Kier alpha value is -3.31. The number of primary amides is 1. The summed E-state index contributed by atoms with van der Waals surface area (Å²) in [5.74, 6) is -0.422. The van der Waals surface area contributed by atoms with Crippen LogP contribution in [0.25, 0.3) is 0 Å². The van der Waals surface area contributed by atoms with Crippen molar-refractivity contribution in [3.8, 4) is 0 Å². The molecule has 2 aromatic carbocycles. The highest BCUT2D eigenvalue weighted by atomic mass is 16.3. The first kappa shape index (κ1) is 22.4. The SMILES string of the molecule is Cc1cc(Cc2cc(CCc3ccccc3)c(C(N)=O)cn2)ccc1C(=O)CCCO. The van der Waals surface area contributed by atoms with E-state index in [0.29, 0.717) is 36.8 Å². The van der Waals surface area contributed by atoms with E-state index in [0.717, 1.165) is 28.8 Å². The maximum Gasteiger partial charge on any atom is 0.250 e. The van der Waals surface area contributed by atoms with Crippen LogP contribution in [-0.2, 0) is 19.3 Å². The fraction of sp³-hybridized carbons (Fsp3) is 0.269. The van der Waals surface area contributed by atoms with Crippen molar-refractivity contribution in [1.29, 1.82) is 0 Å². The van der Waals surface area contributed by atoms with Crippen LogP contribution in [0.2, 0.25) is 0 Å². The van der Waals surface area contributed by atoms with Gasteiger partial charge in [0.2, 0.25) is 0 Å². The first-order valence-electron chi connectivity index (χ1n) is 10.5. The standard InChI is InChI=1S/C26H28N2O3/c1-18-14-20(10-12-23(18)25(30)8-5-13-29)15-22-16-21(24(17-28-22)26(27)31)11-9-19-6-3-2-4-7-19/h2-4,6-7,10,12,14,16-17,29H,5,8-9,11,13,15H2,1H3,(H2,27,31). The van der Waals surface area contributed by atoms with Gasteiger partial charge in [-0.05, 0) is 54.5 Å². The number of ketones is 1. The van der Waals surface area contributed by atoms with Gasteiger partial charge in [0.25, 0.3) is 5.91 Å². The van der Waals surface area contributed by atoms with Gasteiger partial charge in [-0.2, -0.15) is 0 Å². The van der Waals surface area contributed by atoms with E-state index in [9.17, 15) is 9.59 Å². The van der Waals surface area contributed by atoms with Crippen molar-refractivity contribution >= 4 is 11.7 Å². The van der Waals surface area contributed by atoms with Gasteiger partial charge >= 0.3 is 0 Å². The molecule has 3 N–H and O–H groups in total. The summed E-state index contributed by atoms with van der Waals surface area (Å²) in [6.07, 6.45) is 4.50. The largest absolute Gasteiger partial charge is 0.396 e. The number of hydrogen-bond acceptors (Lipinski definition) is 4. The zero-order valence-corrected chi connectivity index (χ0v) is 17.8. The molecule has 0 spiro atoms. The number of carbonyl (C=O) groups is 2. The minimum absolute atomic E-state index is 0.0163. The van der Waals surface area contributed by atoms with Gasteiger partial charge in [0.1, 0.15) is 0 Å². The number of amides is 1. The van der Waals surface area contributed by atoms with Crippen molar-refractivity contribution in [3.63, 3.8) is 0 Å². The summed E-state index contributed by atoms with van der Waals surface area (Å²) in [7, 11) is 0. The zero-order valence-electron chi connectivity index (χ0n) is 17.8. The van der Waals surface area contributed by atoms with Crippen LogP contribution in [0.15, 0.2) is 60.8 Å². The van der Waals surface area contributed by atoms with Crippen molar-refractivity contribution in [3.05, 3.63) is 99.9 Å². The maximum atomic E-state index is 12.3. The number of nitrogens with zero attached hydrogens (tertiary/aromatic N) is 1. The summed E-state index contributed by atoms with van der Waals surface area (Å²) < 4.78 is 0. The molecule has 31 heavy (non-hydrogen) atoms. The molecule has 5 nitrogen and oxygen atoms in total. The number of pyridine rings is 1. The zero-order chi connectivity index (χ0) is 22.2. The van der Waals surface area contributed by atoms with Crippen LogP contribution in [0.1, 0.15) is 61.5 Å². The number of rotatable bonds is 10. The number of aliphatic hydroxyl groups is 1. The molecule has 0 saturated carbocycles. The number of benzene rings is 2. The summed E-state index contributed by atoms with van der Waals surface area (Å²) in [4.78, 5) is 28.6. The highest BCUT2D eigenvalue weighted by Gasteiger charge is 2.13. The number of aliphatic hydroxyl groups excluding tert-OH is 1. The molecular formula is C26H28N2O3. The summed E-state index contributed by atoms with van der Waals surface area (Å²) in [6, 6.07) is 17.9. The van der Waals surface area contributed by atoms with Crippen molar-refractivity contribution < 1.29 is 14.7 Å². The number of nitrogens with two attached hydrogens (primary N) is 1. The van der Waals surface area contributed by atoms with Crippen LogP contribution >= 0.6 is 0 Å². The molecule has 0 saturated heterocycles. The van der Waals surface area contributed by atoms with Crippen LogP contribution in [0.4, 0.5) is 0 Å². The Bertz CT molecular complexity index is 1060. The van der Waals surface area contributed by atoms with Crippen LogP contribution in [0.3, 0.4) is 0 Å². The first-order valence-corrected chi connectivity index (χ1v) is 10.5. The highest BCUT2D eigenvalue weighted by Crippen LogP contribution is 2.19. The summed E-state index contributed by atoms with van der Waals surface area (Å²) >= 11 is 0. The van der Waals surface area contributed by atoms with E-state index in [1.807, 2.05) is 49.4 Å². The molecule has 160 valence electrons. The van der Waals surface area contributed by atoms with E-state index in [4.69, 9.17) is 10.8 Å². The van der Waals surface area contributed by atoms with Crippen molar-refractivity contribution in [2.24, 2.45) is 5.73 Å². The van der Waals surface area contributed by atoms with Crippen LogP contribution in [0.5, 0.6) is 0 Å². The molecule has 0 atom stereocenters. The van der Waals surface area contributed by atoms with Crippen LogP contribution in [-0.4, -0.2) is 28.4 Å². The molecular weight excluding hydrogens is 388 g/mol. The van der Waals surface area contributed by atoms with Crippen molar-refractivity contribution in [2.45, 2.75) is 39.0 Å². The molecule has 3 rings (SSSR count). The van der Waals surface area contributed by atoms with E-state index < -0.39 is 5.91 Å². The molecule has 1 amide bonds. The highest BCUT2D eigenvalue weighted by molar-refractivity contribution is 5.97. The van der Waals surface area contributed by atoms with Crippen molar-refractivity contribution in [2.75, 3.05) is 6.61 Å². The van der Waals surface area contributed by atoms with Gasteiger partial charge in [0, 0.05) is 36.9 Å². The van der Waals surface area contributed by atoms with Gasteiger partial charge < -0.3 is 10.8 Å². The third-order valence-corrected chi connectivity index (χ3v) is 5.38. The van der Waals surface area contributed by atoms with Crippen molar-refractivity contribution in [1.82, 2.24) is 4.98 Å². The lowest BCUT2D eigenvalue weighted by Crippen LogP contribution is -2.15. The Balaban J connectivity index is 1.77. The number of Topliss-reactive ketones (excluding diaryl/α,β-unsaturated/α-hetero) is 1. The third-order valence-electron chi connectivity index (χ3n) is 5.38. The average molecular weight is 417 g/mol. The second-order valence-corrected chi connectivity index (χ2v) is 7.76. The minimum Gasteiger partial charge on any atom is -0.396 e. The van der Waals surface area contributed by atoms with Gasteiger partial charge in [-0.1, -0.05) is 48.5 Å². The van der Waals surface area contributed by atoms with Gasteiger partial charge in [-0.25, -0.2) is 0 Å². The molecule has 1 heterocycles. The van der Waals surface area contributed by atoms with Gasteiger partial charge in [-0.3, -0.25) is 14.6 Å². The number of hydrogen-bond donors (Lipinski definition) is 2. The molecule has 3 aromatic rings. The Morgan fingerprint density at radius 2 is 1.74 bits per heavy atom. The van der Waals surface area contributed by atoms with E-state index >= 15 is 0 Å². The van der Waals surface area contributed by atoms with E-state index in [-0.39, 0.29) is 12.4 Å². The van der Waals surface area contributed by atoms with Gasteiger partial charge in [0.15, 0.2) is 5.78 Å². The Kier molecular flexibility index (Phi) is 7.68. The fourth-order valence-electron chi connectivity index (χ4n) is 3.73. The molecule has 0 fully saturated rings. The second-order valence-electron chi connectivity index (χ2n) is 7.76. The Morgan fingerprint density at radius 3 is 2.42 bits per heavy atom. The molecule has 0 aliphatic carbocycles. The second kappa shape index (κ2) is 10.6. The van der Waals surface area contributed by atoms with E-state index in [1.54, 1.807) is 6.20 Å². The molecule has 0 aliphatic heterocycles. The predicted molar refractivity (Wildman–Crippen MR) is 121 cm³/mol. The topological polar surface area (TPSA) is 93.3 Å². The Labute approximate surface area is 183 Å². The molecule has 0 unspecified atom stereocenters. The summed E-state index contributed by atoms with van der Waals surface area (Å²) in [5, 5.41) is 8.93. The van der Waals surface area contributed by atoms with E-state index in [2.05, 4.69) is 17.1 Å². The normalized spacial score (nSPS) is 10.8. The van der Waals surface area contributed by atoms with Crippen LogP contribution in [0, 0.1) is 6.92 Å². The van der Waals surface area contributed by atoms with Gasteiger partial charge in [-0.15, -0.1) is 0 Å². The molecule has 0 aliphatic rings. The fourth-order valence-corrected chi connectivity index (χ4v) is 3.73. The minimum atomic E-state index is -0.469. The van der Waals surface area contributed by atoms with Crippen LogP contribution < -0.4 is 5.73 Å². The lowest BCUT2D eigenvalue weighted by Gasteiger charge is -2.11. The molecule has 0 bridgehead atoms. The summed E-state index contributed by atoms with van der Waals surface area (Å²) in [6.45, 7) is 1.94. The number of aryl methyl sites for hydroxylation is 3. The van der Waals surface area contributed by atoms with Gasteiger partial charge in [0.05, 0.1) is 5.56 Å². The third kappa shape index (κ3) is 6.09. The summed E-state index contributed by atoms with van der Waals surface area (Å²) in [5.41, 5.74) is 11.6. The smallest absolute Gasteiger partial charge is 0.250 e. The lowest BCUT2D eigenvalue weighted by molar-refractivity contribution is 0.0968. The molecule has 0 radical (unpaired) electrons. The number of carbonyl (C=O) groups excluding carboxylic acids is 2. The average Bonchev–Trinajstić information content (AvgIpc) is 2.77.